The first-order chi connectivity index (χ1) is 8.09. The Kier molecular flexibility index (Phi) is 3.25. The van der Waals surface area contributed by atoms with Crippen LogP contribution in [0.1, 0.15) is 15.9 Å². The highest BCUT2D eigenvalue weighted by atomic mass is 35.5. The molecule has 0 saturated heterocycles. The van der Waals surface area contributed by atoms with Crippen LogP contribution in [0.5, 0.6) is 0 Å². The lowest BCUT2D eigenvalue weighted by Gasteiger charge is -2.09. The van der Waals surface area contributed by atoms with Crippen molar-refractivity contribution >= 4 is 16.8 Å². The third-order valence-electron chi connectivity index (χ3n) is 2.62. The number of halogens is 2. The standard InChI is InChI=1S/C14H10ClFO/c1-9-3-2-4-12(14(15)17)13(9)10-5-7-11(16)8-6-10/h2-8H,1H3. The van der Waals surface area contributed by atoms with E-state index in [-0.39, 0.29) is 5.82 Å². The average Bonchev–Trinajstić information content (AvgIpc) is 2.30. The van der Waals surface area contributed by atoms with Crippen LogP contribution in [-0.4, -0.2) is 5.24 Å². The lowest BCUT2D eigenvalue weighted by molar-refractivity contribution is 0.108. The predicted molar refractivity (Wildman–Crippen MR) is 66.8 cm³/mol. The van der Waals surface area contributed by atoms with E-state index >= 15 is 0 Å². The van der Waals surface area contributed by atoms with Crippen molar-refractivity contribution in [3.63, 3.8) is 0 Å². The topological polar surface area (TPSA) is 17.1 Å². The zero-order valence-corrected chi connectivity index (χ0v) is 9.96. The van der Waals surface area contributed by atoms with E-state index in [4.69, 9.17) is 11.6 Å². The van der Waals surface area contributed by atoms with E-state index in [1.807, 2.05) is 13.0 Å². The summed E-state index contributed by atoms with van der Waals surface area (Å²) in [5.74, 6) is -0.305. The summed E-state index contributed by atoms with van der Waals surface area (Å²) in [7, 11) is 0. The van der Waals surface area contributed by atoms with Gasteiger partial charge < -0.3 is 0 Å². The summed E-state index contributed by atoms with van der Waals surface area (Å²) in [6.07, 6.45) is 0. The number of hydrogen-bond acceptors (Lipinski definition) is 1. The Morgan fingerprint density at radius 2 is 1.76 bits per heavy atom. The monoisotopic (exact) mass is 248 g/mol. The second-order valence-electron chi connectivity index (χ2n) is 3.78. The lowest BCUT2D eigenvalue weighted by atomic mass is 9.95. The lowest BCUT2D eigenvalue weighted by Crippen LogP contribution is -1.96. The zero-order valence-electron chi connectivity index (χ0n) is 9.21. The number of carbonyl (C=O) groups is 1. The Morgan fingerprint density at radius 3 is 2.35 bits per heavy atom. The van der Waals surface area contributed by atoms with Crippen molar-refractivity contribution in [3.05, 3.63) is 59.4 Å². The van der Waals surface area contributed by atoms with Gasteiger partial charge in [-0.15, -0.1) is 0 Å². The van der Waals surface area contributed by atoms with Crippen LogP contribution in [0, 0.1) is 12.7 Å². The molecular formula is C14H10ClFO. The van der Waals surface area contributed by atoms with Crippen LogP contribution in [0.25, 0.3) is 11.1 Å². The number of aryl methyl sites for hydroxylation is 1. The Balaban J connectivity index is 2.65. The first-order valence-corrected chi connectivity index (χ1v) is 5.53. The molecule has 2 rings (SSSR count). The third-order valence-corrected chi connectivity index (χ3v) is 2.82. The second-order valence-corrected chi connectivity index (χ2v) is 4.12. The van der Waals surface area contributed by atoms with Crippen molar-refractivity contribution in [2.75, 3.05) is 0 Å². The molecule has 0 spiro atoms. The van der Waals surface area contributed by atoms with E-state index in [9.17, 15) is 9.18 Å². The van der Waals surface area contributed by atoms with Gasteiger partial charge in [0.05, 0.1) is 0 Å². The molecule has 0 atom stereocenters. The molecule has 1 nitrogen and oxygen atoms in total. The highest BCUT2D eigenvalue weighted by Crippen LogP contribution is 2.28. The van der Waals surface area contributed by atoms with Gasteiger partial charge in [-0.25, -0.2) is 4.39 Å². The number of carbonyl (C=O) groups excluding carboxylic acids is 1. The molecular weight excluding hydrogens is 239 g/mol. The van der Waals surface area contributed by atoms with Crippen molar-refractivity contribution in [2.45, 2.75) is 6.92 Å². The quantitative estimate of drug-likeness (QED) is 0.729. The molecule has 0 aromatic heterocycles. The largest absolute Gasteiger partial charge is 0.276 e. The van der Waals surface area contributed by atoms with E-state index < -0.39 is 5.24 Å². The van der Waals surface area contributed by atoms with Gasteiger partial charge in [-0.05, 0) is 53.4 Å². The van der Waals surface area contributed by atoms with E-state index in [1.165, 1.54) is 12.1 Å². The summed E-state index contributed by atoms with van der Waals surface area (Å²) in [4.78, 5) is 11.4. The zero-order chi connectivity index (χ0) is 12.4. The van der Waals surface area contributed by atoms with Gasteiger partial charge in [-0.3, -0.25) is 4.79 Å². The summed E-state index contributed by atoms with van der Waals surface area (Å²) < 4.78 is 12.9. The van der Waals surface area contributed by atoms with Gasteiger partial charge in [0.1, 0.15) is 5.82 Å². The van der Waals surface area contributed by atoms with Crippen LogP contribution in [0.15, 0.2) is 42.5 Å². The van der Waals surface area contributed by atoms with Crippen LogP contribution in [0.3, 0.4) is 0 Å². The molecule has 0 fully saturated rings. The Hall–Kier alpha value is -1.67. The maximum absolute atomic E-state index is 12.9. The van der Waals surface area contributed by atoms with Gasteiger partial charge >= 0.3 is 0 Å². The summed E-state index contributed by atoms with van der Waals surface area (Å²) in [6, 6.07) is 11.3. The van der Waals surface area contributed by atoms with E-state index in [0.717, 1.165) is 16.7 Å². The van der Waals surface area contributed by atoms with Crippen molar-refractivity contribution in [1.29, 1.82) is 0 Å². The maximum Gasteiger partial charge on any atom is 0.253 e. The fourth-order valence-corrected chi connectivity index (χ4v) is 1.99. The third kappa shape index (κ3) is 2.37. The first-order valence-electron chi connectivity index (χ1n) is 5.15. The van der Waals surface area contributed by atoms with Crippen molar-refractivity contribution in [3.8, 4) is 11.1 Å². The summed E-state index contributed by atoms with van der Waals surface area (Å²) in [5.41, 5.74) is 2.92. The van der Waals surface area contributed by atoms with Gasteiger partial charge in [-0.2, -0.15) is 0 Å². The van der Waals surface area contributed by atoms with Gasteiger partial charge in [0.15, 0.2) is 0 Å². The fourth-order valence-electron chi connectivity index (χ4n) is 1.83. The van der Waals surface area contributed by atoms with E-state index in [2.05, 4.69) is 0 Å². The minimum Gasteiger partial charge on any atom is -0.276 e. The molecule has 0 unspecified atom stereocenters. The predicted octanol–water partition coefficient (Wildman–Crippen LogP) is 4.18. The first kappa shape index (κ1) is 11.8. The summed E-state index contributed by atoms with van der Waals surface area (Å²) >= 11 is 5.55. The minimum absolute atomic E-state index is 0.305. The van der Waals surface area contributed by atoms with Crippen LogP contribution < -0.4 is 0 Å². The Morgan fingerprint density at radius 1 is 1.12 bits per heavy atom. The molecule has 2 aromatic rings. The normalized spacial score (nSPS) is 10.3. The highest BCUT2D eigenvalue weighted by Gasteiger charge is 2.12. The van der Waals surface area contributed by atoms with Crippen LogP contribution in [-0.2, 0) is 0 Å². The van der Waals surface area contributed by atoms with Gasteiger partial charge in [0.25, 0.3) is 5.24 Å². The molecule has 0 amide bonds. The maximum atomic E-state index is 12.9. The van der Waals surface area contributed by atoms with Crippen LogP contribution in [0.2, 0.25) is 0 Å². The van der Waals surface area contributed by atoms with Gasteiger partial charge in [0.2, 0.25) is 0 Å². The number of benzene rings is 2. The van der Waals surface area contributed by atoms with E-state index in [0.29, 0.717) is 5.56 Å². The molecule has 0 heterocycles. The van der Waals surface area contributed by atoms with Crippen LogP contribution in [0.4, 0.5) is 4.39 Å². The van der Waals surface area contributed by atoms with Crippen LogP contribution >= 0.6 is 11.6 Å². The highest BCUT2D eigenvalue weighted by molar-refractivity contribution is 6.68. The number of rotatable bonds is 2. The second kappa shape index (κ2) is 4.68. The molecule has 0 saturated carbocycles. The number of hydrogen-bond donors (Lipinski definition) is 0. The van der Waals surface area contributed by atoms with Gasteiger partial charge in [0, 0.05) is 5.56 Å². The molecule has 0 aliphatic heterocycles. The van der Waals surface area contributed by atoms with E-state index in [1.54, 1.807) is 24.3 Å². The summed E-state index contributed by atoms with van der Waals surface area (Å²) in [5, 5.41) is -0.506. The molecule has 0 N–H and O–H groups in total. The van der Waals surface area contributed by atoms with Crippen molar-refractivity contribution < 1.29 is 9.18 Å². The van der Waals surface area contributed by atoms with Crippen molar-refractivity contribution in [2.24, 2.45) is 0 Å². The molecule has 86 valence electrons. The SMILES string of the molecule is Cc1cccc(C(=O)Cl)c1-c1ccc(F)cc1. The Bertz CT molecular complexity index is 561. The average molecular weight is 249 g/mol. The Labute approximate surface area is 104 Å². The molecule has 0 radical (unpaired) electrons. The van der Waals surface area contributed by atoms with Gasteiger partial charge in [-0.1, -0.05) is 24.3 Å². The molecule has 0 aliphatic rings. The minimum atomic E-state index is -0.506. The molecule has 2 aromatic carbocycles. The fraction of sp³-hybridized carbons (Fsp3) is 0.0714. The molecule has 3 heteroatoms. The summed E-state index contributed by atoms with van der Waals surface area (Å²) in [6.45, 7) is 1.89. The molecule has 0 aliphatic carbocycles. The van der Waals surface area contributed by atoms with Crippen molar-refractivity contribution in [1.82, 2.24) is 0 Å². The molecule has 17 heavy (non-hydrogen) atoms. The molecule has 0 bridgehead atoms. The smallest absolute Gasteiger partial charge is 0.253 e.